The van der Waals surface area contributed by atoms with Crippen molar-refractivity contribution in [2.75, 3.05) is 32.8 Å². The zero-order chi connectivity index (χ0) is 14.7. The van der Waals surface area contributed by atoms with E-state index in [0.717, 1.165) is 56.0 Å². The van der Waals surface area contributed by atoms with Gasteiger partial charge in [-0.25, -0.2) is 0 Å². The van der Waals surface area contributed by atoms with Gasteiger partial charge >= 0.3 is 0 Å². The van der Waals surface area contributed by atoms with Crippen LogP contribution < -0.4 is 4.74 Å². The second-order valence-electron chi connectivity index (χ2n) is 5.79. The van der Waals surface area contributed by atoms with Crippen molar-refractivity contribution in [1.29, 1.82) is 0 Å². The minimum absolute atomic E-state index is 0.116. The molecule has 0 aromatic heterocycles. The topological polar surface area (TPSA) is 38.8 Å². The predicted octanol–water partition coefficient (Wildman–Crippen LogP) is 2.31. The Labute approximate surface area is 126 Å². The number of carbonyl (C=O) groups excluding carboxylic acids is 1. The molecule has 0 bridgehead atoms. The van der Waals surface area contributed by atoms with E-state index < -0.39 is 0 Å². The summed E-state index contributed by atoms with van der Waals surface area (Å²) in [5, 5.41) is 0. The van der Waals surface area contributed by atoms with E-state index in [1.165, 1.54) is 0 Å². The molecule has 1 aliphatic carbocycles. The fourth-order valence-electron chi connectivity index (χ4n) is 3.05. The fraction of sp³-hybridized carbons (Fsp3) is 0.588. The van der Waals surface area contributed by atoms with Crippen LogP contribution in [0.15, 0.2) is 18.2 Å². The number of likely N-dealkylation sites (N-methyl/N-ethyl adjacent to an activating group) is 1. The third-order valence-electron chi connectivity index (χ3n) is 4.34. The Hall–Kier alpha value is -1.39. The van der Waals surface area contributed by atoms with E-state index in [-0.39, 0.29) is 11.9 Å². The quantitative estimate of drug-likeness (QED) is 0.852. The van der Waals surface area contributed by atoms with Crippen molar-refractivity contribution >= 4 is 5.78 Å². The Morgan fingerprint density at radius 3 is 3.14 bits per heavy atom. The minimum Gasteiger partial charge on any atom is -0.491 e. The van der Waals surface area contributed by atoms with Crippen LogP contribution in [0, 0.1) is 0 Å². The molecule has 4 nitrogen and oxygen atoms in total. The zero-order valence-electron chi connectivity index (χ0n) is 12.6. The largest absolute Gasteiger partial charge is 0.491 e. The number of carbonyl (C=O) groups is 1. The lowest BCUT2D eigenvalue weighted by atomic mass is 9.90. The van der Waals surface area contributed by atoms with E-state index in [4.69, 9.17) is 9.47 Å². The molecule has 0 saturated carbocycles. The summed E-state index contributed by atoms with van der Waals surface area (Å²) < 4.78 is 11.6. The third-order valence-corrected chi connectivity index (χ3v) is 4.34. The number of aryl methyl sites for hydroxylation is 1. The number of nitrogens with zero attached hydrogens (tertiary/aromatic N) is 1. The highest BCUT2D eigenvalue weighted by atomic mass is 16.5. The van der Waals surface area contributed by atoms with Crippen LogP contribution in [0.1, 0.15) is 35.7 Å². The average Bonchev–Trinajstić information content (AvgIpc) is 2.54. The Kier molecular flexibility index (Phi) is 4.56. The summed E-state index contributed by atoms with van der Waals surface area (Å²) >= 11 is 0. The summed E-state index contributed by atoms with van der Waals surface area (Å²) in [4.78, 5) is 14.3. The van der Waals surface area contributed by atoms with Crippen molar-refractivity contribution in [2.24, 2.45) is 0 Å². The first-order valence-corrected chi connectivity index (χ1v) is 7.89. The van der Waals surface area contributed by atoms with Crippen LogP contribution in [0.4, 0.5) is 0 Å². The number of benzene rings is 1. The normalized spacial score (nSPS) is 22.9. The lowest BCUT2D eigenvalue weighted by Gasteiger charge is -2.31. The van der Waals surface area contributed by atoms with Crippen LogP contribution in [0.2, 0.25) is 0 Å². The van der Waals surface area contributed by atoms with Crippen LogP contribution in [-0.4, -0.2) is 49.6 Å². The highest BCUT2D eigenvalue weighted by Gasteiger charge is 2.21. The summed E-state index contributed by atoms with van der Waals surface area (Å²) in [5.74, 6) is 1.02. The van der Waals surface area contributed by atoms with E-state index in [9.17, 15) is 4.79 Å². The second kappa shape index (κ2) is 6.58. The van der Waals surface area contributed by atoms with Crippen LogP contribution in [0.25, 0.3) is 0 Å². The average molecular weight is 289 g/mol. The fourth-order valence-corrected chi connectivity index (χ4v) is 3.05. The number of hydrogen-bond donors (Lipinski definition) is 0. The molecule has 1 aromatic rings. The molecule has 2 aliphatic rings. The Bertz CT molecular complexity index is 515. The van der Waals surface area contributed by atoms with Crippen molar-refractivity contribution < 1.29 is 14.3 Å². The summed E-state index contributed by atoms with van der Waals surface area (Å²) in [7, 11) is 0. The number of morpholine rings is 1. The van der Waals surface area contributed by atoms with Crippen molar-refractivity contribution in [3.8, 4) is 5.75 Å². The van der Waals surface area contributed by atoms with Gasteiger partial charge in [-0.1, -0.05) is 13.0 Å². The Morgan fingerprint density at radius 2 is 2.29 bits per heavy atom. The Morgan fingerprint density at radius 1 is 1.38 bits per heavy atom. The van der Waals surface area contributed by atoms with Gasteiger partial charge in [-0.2, -0.15) is 0 Å². The molecule has 114 valence electrons. The summed E-state index contributed by atoms with van der Waals surface area (Å²) in [6.45, 7) is 6.44. The number of rotatable bonds is 4. The first-order chi connectivity index (χ1) is 10.3. The SMILES string of the molecule is CCN1CCOC(COc2ccc3c(c2)C(=O)CCC3)C1. The molecular weight excluding hydrogens is 266 g/mol. The molecule has 0 N–H and O–H groups in total. The molecule has 3 rings (SSSR count). The number of hydrogen-bond acceptors (Lipinski definition) is 4. The van der Waals surface area contributed by atoms with E-state index >= 15 is 0 Å². The third kappa shape index (κ3) is 3.44. The molecule has 1 aromatic carbocycles. The molecule has 0 amide bonds. The van der Waals surface area contributed by atoms with Gasteiger partial charge in [0.2, 0.25) is 0 Å². The van der Waals surface area contributed by atoms with Crippen molar-refractivity contribution in [2.45, 2.75) is 32.3 Å². The molecule has 4 heteroatoms. The summed E-state index contributed by atoms with van der Waals surface area (Å²) in [5.41, 5.74) is 2.00. The summed E-state index contributed by atoms with van der Waals surface area (Å²) in [6, 6.07) is 5.90. The van der Waals surface area contributed by atoms with E-state index in [0.29, 0.717) is 13.0 Å². The number of ether oxygens (including phenoxy) is 2. The number of fused-ring (bicyclic) bond motifs is 1. The van der Waals surface area contributed by atoms with Gasteiger partial charge in [-0.3, -0.25) is 9.69 Å². The maximum atomic E-state index is 11.9. The van der Waals surface area contributed by atoms with Crippen molar-refractivity contribution in [3.05, 3.63) is 29.3 Å². The standard InChI is InChI=1S/C17H23NO3/c1-2-18-8-9-20-15(11-18)12-21-14-7-6-13-4-3-5-17(19)16(13)10-14/h6-7,10,15H,2-5,8-9,11-12H2,1H3. The highest BCUT2D eigenvalue weighted by molar-refractivity contribution is 5.98. The lowest BCUT2D eigenvalue weighted by Crippen LogP contribution is -2.44. The molecule has 1 unspecified atom stereocenters. The summed E-state index contributed by atoms with van der Waals surface area (Å²) in [6.07, 6.45) is 2.74. The molecule has 1 aliphatic heterocycles. The van der Waals surface area contributed by atoms with Gasteiger partial charge in [0.15, 0.2) is 5.78 Å². The first-order valence-electron chi connectivity index (χ1n) is 7.89. The van der Waals surface area contributed by atoms with Crippen LogP contribution >= 0.6 is 0 Å². The maximum absolute atomic E-state index is 11.9. The van der Waals surface area contributed by atoms with E-state index in [2.05, 4.69) is 11.8 Å². The molecule has 1 saturated heterocycles. The van der Waals surface area contributed by atoms with Gasteiger partial charge in [0.05, 0.1) is 6.61 Å². The van der Waals surface area contributed by atoms with Crippen molar-refractivity contribution in [1.82, 2.24) is 4.90 Å². The van der Waals surface area contributed by atoms with Crippen LogP contribution in [0.3, 0.4) is 0 Å². The van der Waals surface area contributed by atoms with E-state index in [1.54, 1.807) is 0 Å². The molecule has 1 heterocycles. The highest BCUT2D eigenvalue weighted by Crippen LogP contribution is 2.25. The zero-order valence-corrected chi connectivity index (χ0v) is 12.6. The van der Waals surface area contributed by atoms with Crippen LogP contribution in [0.5, 0.6) is 5.75 Å². The van der Waals surface area contributed by atoms with Gasteiger partial charge in [0.1, 0.15) is 18.5 Å². The molecule has 1 fully saturated rings. The lowest BCUT2D eigenvalue weighted by molar-refractivity contribution is -0.0464. The first kappa shape index (κ1) is 14.5. The number of Topliss-reactive ketones (excluding diaryl/α,β-unsaturated/α-hetero) is 1. The smallest absolute Gasteiger partial charge is 0.163 e. The number of ketones is 1. The Balaban J connectivity index is 1.60. The maximum Gasteiger partial charge on any atom is 0.163 e. The molecule has 1 atom stereocenters. The molecule has 0 spiro atoms. The van der Waals surface area contributed by atoms with Crippen LogP contribution in [-0.2, 0) is 11.2 Å². The monoisotopic (exact) mass is 289 g/mol. The van der Waals surface area contributed by atoms with Gasteiger partial charge < -0.3 is 9.47 Å². The second-order valence-corrected chi connectivity index (χ2v) is 5.79. The molecular formula is C17H23NO3. The minimum atomic E-state index is 0.116. The predicted molar refractivity (Wildman–Crippen MR) is 81.1 cm³/mol. The molecule has 21 heavy (non-hydrogen) atoms. The van der Waals surface area contributed by atoms with Gasteiger partial charge in [-0.15, -0.1) is 0 Å². The van der Waals surface area contributed by atoms with Gasteiger partial charge in [-0.05, 0) is 37.1 Å². The van der Waals surface area contributed by atoms with Gasteiger partial charge in [0, 0.05) is 25.1 Å². The van der Waals surface area contributed by atoms with Crippen molar-refractivity contribution in [3.63, 3.8) is 0 Å². The van der Waals surface area contributed by atoms with Gasteiger partial charge in [0.25, 0.3) is 0 Å². The molecule has 0 radical (unpaired) electrons. The van der Waals surface area contributed by atoms with E-state index in [1.807, 2.05) is 18.2 Å².